The monoisotopic (exact) mass is 202 g/mol. The van der Waals surface area contributed by atoms with Crippen molar-refractivity contribution in [2.45, 2.75) is 64.6 Å². The van der Waals surface area contributed by atoms with Crippen molar-refractivity contribution >= 4 is 8.32 Å². The molecule has 2 heteroatoms. The fourth-order valence-corrected chi connectivity index (χ4v) is 2.74. The van der Waals surface area contributed by atoms with Crippen molar-refractivity contribution in [2.24, 2.45) is 0 Å². The Morgan fingerprint density at radius 3 is 2.00 bits per heavy atom. The Bertz CT molecular complexity index is 113. The molecule has 0 aliphatic heterocycles. The van der Waals surface area contributed by atoms with Crippen molar-refractivity contribution < 1.29 is 4.43 Å². The molecule has 0 amide bonds. The van der Waals surface area contributed by atoms with Gasteiger partial charge in [-0.25, -0.2) is 0 Å². The predicted octanol–water partition coefficient (Wildman–Crippen LogP) is 4.20. The van der Waals surface area contributed by atoms with Crippen molar-refractivity contribution in [1.29, 1.82) is 0 Å². The summed E-state index contributed by atoms with van der Waals surface area (Å²) in [4.78, 5) is 0. The van der Waals surface area contributed by atoms with Crippen LogP contribution in [0, 0.1) is 0 Å². The van der Waals surface area contributed by atoms with E-state index in [1.54, 1.807) is 0 Å². The summed E-state index contributed by atoms with van der Waals surface area (Å²) in [5.74, 6) is 0. The summed E-state index contributed by atoms with van der Waals surface area (Å²) >= 11 is 0. The Morgan fingerprint density at radius 1 is 0.923 bits per heavy atom. The third-order valence-electron chi connectivity index (χ3n) is 2.68. The van der Waals surface area contributed by atoms with Gasteiger partial charge in [-0.2, -0.15) is 0 Å². The highest BCUT2D eigenvalue weighted by Gasteiger charge is 2.18. The third-order valence-corrected chi connectivity index (χ3v) is 5.35. The summed E-state index contributed by atoms with van der Waals surface area (Å²) < 4.78 is 5.50. The molecule has 0 unspecified atom stereocenters. The summed E-state index contributed by atoms with van der Waals surface area (Å²) in [5, 5.41) is 0. The third kappa shape index (κ3) is 8.51. The van der Waals surface area contributed by atoms with Crippen LogP contribution in [0.1, 0.15) is 45.4 Å². The zero-order valence-electron chi connectivity index (χ0n) is 9.86. The van der Waals surface area contributed by atoms with Crippen LogP contribution < -0.4 is 0 Å². The van der Waals surface area contributed by atoms with Crippen LogP contribution in [0.25, 0.3) is 0 Å². The molecular weight excluding hydrogens is 176 g/mol. The van der Waals surface area contributed by atoms with E-state index in [1.165, 1.54) is 44.6 Å². The maximum Gasteiger partial charge on any atom is 0.186 e. The fraction of sp³-hybridized carbons (Fsp3) is 1.00. The Labute approximate surface area is 85.0 Å². The Balaban J connectivity index is 3.16. The van der Waals surface area contributed by atoms with Crippen LogP contribution in [0.2, 0.25) is 19.1 Å². The van der Waals surface area contributed by atoms with E-state index in [-0.39, 0.29) is 0 Å². The van der Waals surface area contributed by atoms with E-state index < -0.39 is 8.32 Å². The van der Waals surface area contributed by atoms with Crippen molar-refractivity contribution in [2.75, 3.05) is 7.11 Å². The van der Waals surface area contributed by atoms with Crippen LogP contribution in [-0.4, -0.2) is 15.4 Å². The molecule has 0 aromatic heterocycles. The zero-order valence-corrected chi connectivity index (χ0v) is 10.9. The van der Waals surface area contributed by atoms with Crippen molar-refractivity contribution in [3.8, 4) is 0 Å². The molecule has 80 valence electrons. The van der Waals surface area contributed by atoms with Crippen molar-refractivity contribution in [3.05, 3.63) is 0 Å². The normalized spacial score (nSPS) is 12.0. The maximum absolute atomic E-state index is 5.50. The van der Waals surface area contributed by atoms with Gasteiger partial charge in [0, 0.05) is 7.11 Å². The Kier molecular flexibility index (Phi) is 7.67. The molecule has 1 nitrogen and oxygen atoms in total. The van der Waals surface area contributed by atoms with Crippen molar-refractivity contribution in [1.82, 2.24) is 0 Å². The largest absolute Gasteiger partial charge is 0.420 e. The van der Waals surface area contributed by atoms with Gasteiger partial charge in [-0.15, -0.1) is 0 Å². The number of rotatable bonds is 8. The minimum absolute atomic E-state index is 1.25. The number of hydrogen-bond donors (Lipinski definition) is 0. The van der Waals surface area contributed by atoms with E-state index in [4.69, 9.17) is 4.43 Å². The molecule has 0 spiro atoms. The number of unbranched alkanes of at least 4 members (excludes halogenated alkanes) is 5. The van der Waals surface area contributed by atoms with E-state index in [2.05, 4.69) is 20.0 Å². The van der Waals surface area contributed by atoms with Gasteiger partial charge in [0.05, 0.1) is 0 Å². The lowest BCUT2D eigenvalue weighted by Gasteiger charge is -2.19. The van der Waals surface area contributed by atoms with Crippen molar-refractivity contribution in [3.63, 3.8) is 0 Å². The van der Waals surface area contributed by atoms with Crippen LogP contribution >= 0.6 is 0 Å². The second-order valence-corrected chi connectivity index (χ2v) is 8.91. The molecule has 0 N–H and O–H groups in total. The smallest absolute Gasteiger partial charge is 0.186 e. The quantitative estimate of drug-likeness (QED) is 0.423. The lowest BCUT2D eigenvalue weighted by Crippen LogP contribution is -2.27. The average molecular weight is 202 g/mol. The summed E-state index contributed by atoms with van der Waals surface area (Å²) in [7, 11) is 0.619. The fourth-order valence-electron chi connectivity index (χ4n) is 1.43. The second-order valence-electron chi connectivity index (χ2n) is 4.48. The van der Waals surface area contributed by atoms with Crippen LogP contribution in [0.4, 0.5) is 0 Å². The molecular formula is C11H26OSi. The van der Waals surface area contributed by atoms with Gasteiger partial charge in [0.2, 0.25) is 0 Å². The number of hydrogen-bond acceptors (Lipinski definition) is 1. The Hall–Kier alpha value is 0.177. The van der Waals surface area contributed by atoms with Gasteiger partial charge < -0.3 is 4.43 Å². The van der Waals surface area contributed by atoms with E-state index in [1.807, 2.05) is 7.11 Å². The molecule has 0 aromatic carbocycles. The molecule has 0 aromatic rings. The molecule has 0 fully saturated rings. The van der Waals surface area contributed by atoms with E-state index in [0.717, 1.165) is 0 Å². The highest BCUT2D eigenvalue weighted by atomic mass is 28.4. The molecule has 0 radical (unpaired) electrons. The van der Waals surface area contributed by atoms with Crippen LogP contribution in [0.5, 0.6) is 0 Å². The zero-order chi connectivity index (χ0) is 10.2. The lowest BCUT2D eigenvalue weighted by atomic mass is 10.1. The highest BCUT2D eigenvalue weighted by Crippen LogP contribution is 2.16. The first kappa shape index (κ1) is 13.2. The van der Waals surface area contributed by atoms with E-state index >= 15 is 0 Å². The molecule has 0 aliphatic rings. The van der Waals surface area contributed by atoms with Gasteiger partial charge in [0.15, 0.2) is 8.32 Å². The summed E-state index contributed by atoms with van der Waals surface area (Å²) in [6.45, 7) is 6.87. The highest BCUT2D eigenvalue weighted by molar-refractivity contribution is 6.71. The predicted molar refractivity (Wildman–Crippen MR) is 62.7 cm³/mol. The minimum atomic E-state index is -1.25. The van der Waals surface area contributed by atoms with Gasteiger partial charge >= 0.3 is 0 Å². The molecule has 0 saturated carbocycles. The van der Waals surface area contributed by atoms with Crippen LogP contribution in [-0.2, 0) is 4.43 Å². The van der Waals surface area contributed by atoms with E-state index in [9.17, 15) is 0 Å². The minimum Gasteiger partial charge on any atom is -0.420 e. The average Bonchev–Trinajstić information content (AvgIpc) is 2.11. The maximum atomic E-state index is 5.50. The van der Waals surface area contributed by atoms with Gasteiger partial charge in [-0.05, 0) is 19.1 Å². The van der Waals surface area contributed by atoms with Gasteiger partial charge in [-0.3, -0.25) is 0 Å². The Morgan fingerprint density at radius 2 is 1.46 bits per heavy atom. The first-order valence-corrected chi connectivity index (χ1v) is 8.79. The second kappa shape index (κ2) is 7.57. The molecule has 0 heterocycles. The topological polar surface area (TPSA) is 9.23 Å². The first-order valence-electron chi connectivity index (χ1n) is 5.67. The lowest BCUT2D eigenvalue weighted by molar-refractivity contribution is 0.400. The first-order chi connectivity index (χ1) is 6.12. The molecule has 0 rings (SSSR count). The SMILES string of the molecule is CCCCCCCC[Si](C)(C)OC. The van der Waals surface area contributed by atoms with Gasteiger partial charge in [0.1, 0.15) is 0 Å². The van der Waals surface area contributed by atoms with Gasteiger partial charge in [-0.1, -0.05) is 45.4 Å². The summed E-state index contributed by atoms with van der Waals surface area (Å²) in [6.07, 6.45) is 8.37. The molecule has 0 saturated heterocycles. The molecule has 0 aliphatic carbocycles. The van der Waals surface area contributed by atoms with Gasteiger partial charge in [0.25, 0.3) is 0 Å². The van der Waals surface area contributed by atoms with Crippen LogP contribution in [0.3, 0.4) is 0 Å². The molecule has 0 bridgehead atoms. The molecule has 13 heavy (non-hydrogen) atoms. The molecule has 0 atom stereocenters. The standard InChI is InChI=1S/C11H26OSi/c1-5-6-7-8-9-10-11-13(3,4)12-2/h5-11H2,1-4H3. The summed E-state index contributed by atoms with van der Waals surface area (Å²) in [5.41, 5.74) is 0. The summed E-state index contributed by atoms with van der Waals surface area (Å²) in [6, 6.07) is 1.33. The van der Waals surface area contributed by atoms with Crippen LogP contribution in [0.15, 0.2) is 0 Å². The van der Waals surface area contributed by atoms with E-state index in [0.29, 0.717) is 0 Å².